The summed E-state index contributed by atoms with van der Waals surface area (Å²) in [6.45, 7) is 1.66. The second-order valence-electron chi connectivity index (χ2n) is 2.41. The number of ether oxygens (including phenoxy) is 2. The molecule has 0 rings (SSSR count). The molecule has 0 fully saturated rings. The molecule has 0 saturated heterocycles. The monoisotopic (exact) mass is 208 g/mol. The third-order valence-corrected chi connectivity index (χ3v) is 2.69. The fourth-order valence-corrected chi connectivity index (χ4v) is 1.67. The van der Waals surface area contributed by atoms with Gasteiger partial charge in [-0.1, -0.05) is 0 Å². The Labute approximate surface area is 79.7 Å². The van der Waals surface area contributed by atoms with Crippen LogP contribution in [0.25, 0.3) is 0 Å². The normalized spacial score (nSPS) is 12.2. The first-order chi connectivity index (χ1) is 6.04. The van der Waals surface area contributed by atoms with Crippen molar-refractivity contribution in [2.24, 2.45) is 5.73 Å². The summed E-state index contributed by atoms with van der Waals surface area (Å²) in [5, 5.41) is 2.43. The summed E-state index contributed by atoms with van der Waals surface area (Å²) in [5.74, 6) is -1.01. The quantitative estimate of drug-likeness (QED) is 0.322. The van der Waals surface area contributed by atoms with Gasteiger partial charge in [0.1, 0.15) is 0 Å². The molecule has 0 aliphatic carbocycles. The van der Waals surface area contributed by atoms with E-state index in [9.17, 15) is 4.79 Å². The molecular weight excluding hydrogens is 192 g/mol. The summed E-state index contributed by atoms with van der Waals surface area (Å²) in [5.41, 5.74) is 4.86. The van der Waals surface area contributed by atoms with Gasteiger partial charge in [-0.15, -0.1) is 0 Å². The summed E-state index contributed by atoms with van der Waals surface area (Å²) in [6, 6.07) is -0.548. The van der Waals surface area contributed by atoms with Crippen LogP contribution >= 0.6 is 0 Å². The van der Waals surface area contributed by atoms with Gasteiger partial charge in [-0.2, -0.15) is 0 Å². The van der Waals surface area contributed by atoms with Gasteiger partial charge in [0.05, 0.1) is 0 Å². The molecule has 0 heterocycles. The van der Waals surface area contributed by atoms with Crippen molar-refractivity contribution in [2.45, 2.75) is 12.9 Å². The minimum atomic E-state index is -1.01. The molecule has 0 atom stereocenters. The third-order valence-electron chi connectivity index (χ3n) is 1.51. The first kappa shape index (κ1) is 12.4. The number of primary amides is 1. The molecule has 0 aromatic rings. The molecule has 0 radical (unpaired) electrons. The molecule has 2 amide bonds. The Morgan fingerprint density at radius 1 is 1.54 bits per heavy atom. The van der Waals surface area contributed by atoms with E-state index in [0.717, 1.165) is 0 Å². The largest absolute Gasteiger partial charge is 0.375 e. The van der Waals surface area contributed by atoms with Crippen LogP contribution in [-0.2, 0) is 13.9 Å². The van der Waals surface area contributed by atoms with Crippen molar-refractivity contribution in [2.75, 3.05) is 20.4 Å². The highest BCUT2D eigenvalue weighted by atomic mass is 28.2. The van der Waals surface area contributed by atoms with Crippen molar-refractivity contribution >= 4 is 15.8 Å². The molecule has 0 aromatic heterocycles. The van der Waals surface area contributed by atoms with Crippen molar-refractivity contribution in [3.8, 4) is 0 Å². The molecule has 0 aliphatic rings. The second kappa shape index (κ2) is 5.92. The van der Waals surface area contributed by atoms with Crippen molar-refractivity contribution in [1.82, 2.24) is 5.32 Å². The van der Waals surface area contributed by atoms with E-state index in [1.807, 2.05) is 0 Å². The van der Waals surface area contributed by atoms with Crippen LogP contribution in [0.15, 0.2) is 0 Å². The number of nitrogens with two attached hydrogens (primary N) is 1. The Morgan fingerprint density at radius 2 is 2.08 bits per heavy atom. The highest BCUT2D eigenvalue weighted by molar-refractivity contribution is 6.28. The standard InChI is InChI=1S/C6H16N2O4Si/c1-6(10-2,11-3)12-13-4-8-5(7)9/h4,13H2,1-3H3,(H3,7,8,9). The Morgan fingerprint density at radius 3 is 2.46 bits per heavy atom. The predicted molar refractivity (Wildman–Crippen MR) is 49.6 cm³/mol. The van der Waals surface area contributed by atoms with Crippen molar-refractivity contribution in [3.63, 3.8) is 0 Å². The van der Waals surface area contributed by atoms with E-state index in [0.29, 0.717) is 6.17 Å². The molecule has 0 aromatic carbocycles. The van der Waals surface area contributed by atoms with Gasteiger partial charge in [0.25, 0.3) is 5.97 Å². The molecule has 0 bridgehead atoms. The van der Waals surface area contributed by atoms with Gasteiger partial charge in [0.15, 0.2) is 9.76 Å². The molecule has 0 saturated carbocycles. The van der Waals surface area contributed by atoms with Crippen LogP contribution in [0.5, 0.6) is 0 Å². The SMILES string of the molecule is COC(C)(OC)O[SiH2]CNC(N)=O. The van der Waals surface area contributed by atoms with Gasteiger partial charge in [-0.3, -0.25) is 0 Å². The maximum absolute atomic E-state index is 10.3. The average Bonchev–Trinajstić information content (AvgIpc) is 2.12. The topological polar surface area (TPSA) is 82.8 Å². The second-order valence-corrected chi connectivity index (χ2v) is 3.61. The highest BCUT2D eigenvalue weighted by Gasteiger charge is 2.22. The number of rotatable bonds is 6. The van der Waals surface area contributed by atoms with E-state index >= 15 is 0 Å². The fourth-order valence-electron chi connectivity index (χ4n) is 0.612. The summed E-state index contributed by atoms with van der Waals surface area (Å²) < 4.78 is 15.2. The minimum absolute atomic E-state index is 0.456. The van der Waals surface area contributed by atoms with E-state index in [1.54, 1.807) is 6.92 Å². The number of urea groups is 1. The fraction of sp³-hybridized carbons (Fsp3) is 0.833. The maximum atomic E-state index is 10.3. The number of hydrogen-bond acceptors (Lipinski definition) is 4. The lowest BCUT2D eigenvalue weighted by atomic mass is 10.7. The zero-order valence-corrected chi connectivity index (χ0v) is 9.54. The van der Waals surface area contributed by atoms with Crippen LogP contribution < -0.4 is 11.1 Å². The first-order valence-electron chi connectivity index (χ1n) is 3.81. The maximum Gasteiger partial charge on any atom is 0.311 e. The van der Waals surface area contributed by atoms with E-state index in [2.05, 4.69) is 5.32 Å². The van der Waals surface area contributed by atoms with Crippen LogP contribution in [0.1, 0.15) is 6.92 Å². The molecule has 6 nitrogen and oxygen atoms in total. The Hall–Kier alpha value is -0.633. The van der Waals surface area contributed by atoms with Crippen LogP contribution in [0.2, 0.25) is 0 Å². The molecule has 7 heteroatoms. The Balaban J connectivity index is 3.55. The van der Waals surface area contributed by atoms with Crippen LogP contribution in [-0.4, -0.2) is 42.2 Å². The molecule has 3 N–H and O–H groups in total. The first-order valence-corrected chi connectivity index (χ1v) is 5.39. The zero-order chi connectivity index (χ0) is 10.3. The van der Waals surface area contributed by atoms with Gasteiger partial charge < -0.3 is 25.0 Å². The van der Waals surface area contributed by atoms with Gasteiger partial charge >= 0.3 is 6.03 Å². The van der Waals surface area contributed by atoms with Gasteiger partial charge in [0, 0.05) is 27.3 Å². The lowest BCUT2D eigenvalue weighted by molar-refractivity contribution is -0.310. The average molecular weight is 208 g/mol. The minimum Gasteiger partial charge on any atom is -0.375 e. The summed E-state index contributed by atoms with van der Waals surface area (Å²) in [6.07, 6.45) is 0.456. The Bertz CT molecular complexity index is 163. The van der Waals surface area contributed by atoms with E-state index < -0.39 is 21.8 Å². The summed E-state index contributed by atoms with van der Waals surface area (Å²) in [7, 11) is 2.05. The highest BCUT2D eigenvalue weighted by Crippen LogP contribution is 2.09. The van der Waals surface area contributed by atoms with Gasteiger partial charge in [0.2, 0.25) is 0 Å². The molecule has 0 spiro atoms. The number of nitrogens with one attached hydrogen (secondary N) is 1. The number of methoxy groups -OCH3 is 2. The lowest BCUT2D eigenvalue weighted by Gasteiger charge is -2.26. The predicted octanol–water partition coefficient (Wildman–Crippen LogP) is -1.32. The molecule has 0 unspecified atom stereocenters. The number of carbonyl (C=O) groups excluding carboxylic acids is 1. The molecule has 0 aliphatic heterocycles. The third kappa shape index (κ3) is 5.58. The van der Waals surface area contributed by atoms with E-state index in [4.69, 9.17) is 19.6 Å². The van der Waals surface area contributed by atoms with Crippen molar-refractivity contribution in [3.05, 3.63) is 0 Å². The van der Waals surface area contributed by atoms with Crippen LogP contribution in [0.3, 0.4) is 0 Å². The van der Waals surface area contributed by atoms with Crippen LogP contribution in [0.4, 0.5) is 4.79 Å². The van der Waals surface area contributed by atoms with Gasteiger partial charge in [-0.05, 0) is 0 Å². The smallest absolute Gasteiger partial charge is 0.311 e. The Kier molecular flexibility index (Phi) is 5.63. The number of carbonyl (C=O) groups is 1. The summed E-state index contributed by atoms with van der Waals surface area (Å²) in [4.78, 5) is 10.3. The van der Waals surface area contributed by atoms with Crippen LogP contribution in [0, 0.1) is 0 Å². The number of amides is 2. The molecule has 78 valence electrons. The van der Waals surface area contributed by atoms with E-state index in [1.165, 1.54) is 14.2 Å². The lowest BCUT2D eigenvalue weighted by Crippen LogP contribution is -2.39. The zero-order valence-electron chi connectivity index (χ0n) is 8.12. The summed E-state index contributed by atoms with van der Waals surface area (Å²) >= 11 is 0. The molecule has 13 heavy (non-hydrogen) atoms. The molecular formula is C6H16N2O4Si. The van der Waals surface area contributed by atoms with Crippen molar-refractivity contribution in [1.29, 1.82) is 0 Å². The number of hydrogen-bond donors (Lipinski definition) is 2. The van der Waals surface area contributed by atoms with E-state index in [-0.39, 0.29) is 0 Å². The van der Waals surface area contributed by atoms with Crippen molar-refractivity contribution < 1.29 is 18.7 Å². The van der Waals surface area contributed by atoms with Gasteiger partial charge in [-0.25, -0.2) is 4.79 Å².